The van der Waals surface area contributed by atoms with Gasteiger partial charge in [0.05, 0.1) is 12.6 Å². The Morgan fingerprint density at radius 2 is 1.74 bits per heavy atom. The van der Waals surface area contributed by atoms with Crippen LogP contribution in [0.15, 0.2) is 54.6 Å². The Hall–Kier alpha value is -2.86. The lowest BCUT2D eigenvalue weighted by molar-refractivity contribution is -0.134. The van der Waals surface area contributed by atoms with Crippen LogP contribution in [-0.4, -0.2) is 66.9 Å². The minimum Gasteiger partial charge on any atom is -0.368 e. The van der Waals surface area contributed by atoms with Gasteiger partial charge in [0.25, 0.3) is 0 Å². The summed E-state index contributed by atoms with van der Waals surface area (Å²) in [6.45, 7) is 10.1. The highest BCUT2D eigenvalue weighted by molar-refractivity contribution is 5.94. The SMILES string of the molecule is CCCN(CC(=O)N1CCN(c2cccc(C)c2)CC1)C(C)C(=O)Nc1ccccc1. The van der Waals surface area contributed by atoms with Crippen LogP contribution in [0.1, 0.15) is 25.8 Å². The molecule has 1 aliphatic rings. The summed E-state index contributed by atoms with van der Waals surface area (Å²) in [6, 6.07) is 17.6. The lowest BCUT2D eigenvalue weighted by Gasteiger charge is -2.37. The topological polar surface area (TPSA) is 55.9 Å². The predicted molar refractivity (Wildman–Crippen MR) is 126 cm³/mol. The molecule has 31 heavy (non-hydrogen) atoms. The fraction of sp³-hybridized carbons (Fsp3) is 0.440. The third kappa shape index (κ3) is 6.31. The van der Waals surface area contributed by atoms with Crippen LogP contribution in [0.4, 0.5) is 11.4 Å². The Morgan fingerprint density at radius 1 is 1.03 bits per heavy atom. The van der Waals surface area contributed by atoms with Crippen molar-refractivity contribution in [3.8, 4) is 0 Å². The van der Waals surface area contributed by atoms with Crippen LogP contribution in [0.2, 0.25) is 0 Å². The van der Waals surface area contributed by atoms with Gasteiger partial charge in [0.1, 0.15) is 0 Å². The molecule has 1 N–H and O–H groups in total. The predicted octanol–water partition coefficient (Wildman–Crippen LogP) is 3.38. The molecule has 3 rings (SSSR count). The summed E-state index contributed by atoms with van der Waals surface area (Å²) in [5.74, 6) is 0.00780. The van der Waals surface area contributed by atoms with Crippen LogP contribution in [0, 0.1) is 6.92 Å². The Bertz CT molecular complexity index is 863. The van der Waals surface area contributed by atoms with Crippen molar-refractivity contribution in [1.82, 2.24) is 9.80 Å². The van der Waals surface area contributed by atoms with Crippen LogP contribution < -0.4 is 10.2 Å². The summed E-state index contributed by atoms with van der Waals surface area (Å²) in [6.07, 6.45) is 0.886. The number of aryl methyl sites for hydroxylation is 1. The molecule has 0 radical (unpaired) electrons. The van der Waals surface area contributed by atoms with E-state index in [9.17, 15) is 9.59 Å². The van der Waals surface area contributed by atoms with Crippen molar-refractivity contribution in [3.05, 3.63) is 60.2 Å². The van der Waals surface area contributed by atoms with Crippen LogP contribution in [0.5, 0.6) is 0 Å². The molecule has 166 valence electrons. The lowest BCUT2D eigenvalue weighted by Crippen LogP contribution is -2.53. The van der Waals surface area contributed by atoms with Crippen LogP contribution in [-0.2, 0) is 9.59 Å². The molecular weight excluding hydrogens is 388 g/mol. The van der Waals surface area contributed by atoms with Gasteiger partial charge in [0.2, 0.25) is 11.8 Å². The molecule has 1 fully saturated rings. The quantitative estimate of drug-likeness (QED) is 0.709. The molecule has 0 aliphatic carbocycles. The first-order valence-corrected chi connectivity index (χ1v) is 11.2. The van der Waals surface area contributed by atoms with Crippen molar-refractivity contribution >= 4 is 23.2 Å². The second kappa shape index (κ2) is 11.0. The Morgan fingerprint density at radius 3 is 2.39 bits per heavy atom. The van der Waals surface area contributed by atoms with Crippen LogP contribution in [0.3, 0.4) is 0 Å². The zero-order valence-electron chi connectivity index (χ0n) is 18.9. The van der Waals surface area contributed by atoms with Crippen LogP contribution in [0.25, 0.3) is 0 Å². The number of carbonyl (C=O) groups is 2. The number of benzene rings is 2. The summed E-state index contributed by atoms with van der Waals surface area (Å²) in [5, 5.41) is 2.95. The van der Waals surface area contributed by atoms with Gasteiger partial charge < -0.3 is 15.1 Å². The third-order valence-corrected chi connectivity index (χ3v) is 5.82. The van der Waals surface area contributed by atoms with Crippen molar-refractivity contribution in [2.24, 2.45) is 0 Å². The average molecular weight is 423 g/mol. The molecule has 2 aromatic rings. The summed E-state index contributed by atoms with van der Waals surface area (Å²) < 4.78 is 0. The van der Waals surface area contributed by atoms with Gasteiger partial charge in [-0.2, -0.15) is 0 Å². The van der Waals surface area contributed by atoms with Gasteiger partial charge in [-0.25, -0.2) is 0 Å². The van der Waals surface area contributed by atoms with E-state index in [1.54, 1.807) is 0 Å². The summed E-state index contributed by atoms with van der Waals surface area (Å²) in [4.78, 5) is 32.0. The maximum atomic E-state index is 13.0. The molecule has 0 spiro atoms. The van der Waals surface area contributed by atoms with Gasteiger partial charge in [-0.05, 0) is 56.6 Å². The zero-order chi connectivity index (χ0) is 22.2. The number of hydrogen-bond acceptors (Lipinski definition) is 4. The number of nitrogens with one attached hydrogen (secondary N) is 1. The average Bonchev–Trinajstić information content (AvgIpc) is 2.79. The standard InChI is InChI=1S/C25H34N4O2/c1-4-13-29(21(3)25(31)26-22-10-6-5-7-11-22)19-24(30)28-16-14-27(15-17-28)23-12-8-9-20(2)18-23/h5-12,18,21H,4,13-17,19H2,1-3H3,(H,26,31). The van der Waals surface area contributed by atoms with E-state index in [1.807, 2.05) is 47.1 Å². The Labute approximate surface area is 185 Å². The molecule has 2 amide bonds. The molecule has 1 aliphatic heterocycles. The van der Waals surface area contributed by atoms with Crippen molar-refractivity contribution < 1.29 is 9.59 Å². The number of hydrogen-bond donors (Lipinski definition) is 1. The van der Waals surface area contributed by atoms with Gasteiger partial charge in [-0.3, -0.25) is 14.5 Å². The second-order valence-electron chi connectivity index (χ2n) is 8.21. The Kier molecular flexibility index (Phi) is 8.06. The monoisotopic (exact) mass is 422 g/mol. The lowest BCUT2D eigenvalue weighted by atomic mass is 10.2. The smallest absolute Gasteiger partial charge is 0.241 e. The van der Waals surface area contributed by atoms with Crippen LogP contribution >= 0.6 is 0 Å². The highest BCUT2D eigenvalue weighted by Crippen LogP contribution is 2.18. The summed E-state index contributed by atoms with van der Waals surface area (Å²) in [7, 11) is 0. The molecule has 1 unspecified atom stereocenters. The molecule has 0 aromatic heterocycles. The van der Waals surface area contributed by atoms with E-state index in [2.05, 4.69) is 48.3 Å². The maximum absolute atomic E-state index is 13.0. The molecule has 1 saturated heterocycles. The highest BCUT2D eigenvalue weighted by Gasteiger charge is 2.27. The fourth-order valence-electron chi connectivity index (χ4n) is 3.94. The van der Waals surface area contributed by atoms with E-state index in [-0.39, 0.29) is 24.4 Å². The largest absolute Gasteiger partial charge is 0.368 e. The number of nitrogens with zero attached hydrogens (tertiary/aromatic N) is 3. The molecule has 0 bridgehead atoms. The third-order valence-electron chi connectivity index (χ3n) is 5.82. The van der Waals surface area contributed by atoms with E-state index in [1.165, 1.54) is 11.3 Å². The van der Waals surface area contributed by atoms with Gasteiger partial charge in [-0.15, -0.1) is 0 Å². The number of para-hydroxylation sites is 1. The molecule has 2 aromatic carbocycles. The number of amides is 2. The fourth-order valence-corrected chi connectivity index (χ4v) is 3.94. The van der Waals surface area contributed by atoms with Crippen molar-refractivity contribution in [2.75, 3.05) is 49.5 Å². The first kappa shape index (κ1) is 22.8. The summed E-state index contributed by atoms with van der Waals surface area (Å²) >= 11 is 0. The molecular formula is C25H34N4O2. The number of anilines is 2. The summed E-state index contributed by atoms with van der Waals surface area (Å²) in [5.41, 5.74) is 3.23. The minimum absolute atomic E-state index is 0.0864. The molecule has 1 atom stereocenters. The zero-order valence-corrected chi connectivity index (χ0v) is 18.9. The number of rotatable bonds is 8. The van der Waals surface area contributed by atoms with E-state index >= 15 is 0 Å². The van der Waals surface area contributed by atoms with Gasteiger partial charge in [-0.1, -0.05) is 37.3 Å². The van der Waals surface area contributed by atoms with Gasteiger partial charge in [0.15, 0.2) is 0 Å². The first-order valence-electron chi connectivity index (χ1n) is 11.2. The number of carbonyl (C=O) groups excluding carboxylic acids is 2. The Balaban J connectivity index is 1.54. The molecule has 1 heterocycles. The highest BCUT2D eigenvalue weighted by atomic mass is 16.2. The van der Waals surface area contributed by atoms with E-state index in [0.717, 1.165) is 25.2 Å². The van der Waals surface area contributed by atoms with Crippen molar-refractivity contribution in [1.29, 1.82) is 0 Å². The normalized spacial score (nSPS) is 15.1. The minimum atomic E-state index is -0.377. The molecule has 6 heteroatoms. The molecule has 6 nitrogen and oxygen atoms in total. The van der Waals surface area contributed by atoms with E-state index in [0.29, 0.717) is 19.6 Å². The second-order valence-corrected chi connectivity index (χ2v) is 8.21. The maximum Gasteiger partial charge on any atom is 0.241 e. The molecule has 0 saturated carbocycles. The van der Waals surface area contributed by atoms with Crippen molar-refractivity contribution in [3.63, 3.8) is 0 Å². The van der Waals surface area contributed by atoms with E-state index in [4.69, 9.17) is 0 Å². The van der Waals surface area contributed by atoms with Gasteiger partial charge in [0, 0.05) is 37.6 Å². The van der Waals surface area contributed by atoms with Crippen molar-refractivity contribution in [2.45, 2.75) is 33.2 Å². The van der Waals surface area contributed by atoms with E-state index < -0.39 is 0 Å². The van der Waals surface area contributed by atoms with Gasteiger partial charge >= 0.3 is 0 Å². The first-order chi connectivity index (χ1) is 15.0. The number of piperazine rings is 1.